The van der Waals surface area contributed by atoms with E-state index in [9.17, 15) is 4.79 Å². The molecule has 0 aromatic heterocycles. The molecule has 0 aliphatic carbocycles. The van der Waals surface area contributed by atoms with Crippen LogP contribution in [0.3, 0.4) is 0 Å². The van der Waals surface area contributed by atoms with Crippen LogP contribution in [0.15, 0.2) is 24.3 Å². The second-order valence-electron chi connectivity index (χ2n) is 3.28. The van der Waals surface area contributed by atoms with Crippen LogP contribution in [0.1, 0.15) is 11.1 Å². The highest BCUT2D eigenvalue weighted by Gasteiger charge is 2.17. The molecule has 0 unspecified atom stereocenters. The summed E-state index contributed by atoms with van der Waals surface area (Å²) in [6, 6.07) is 7.84. The van der Waals surface area contributed by atoms with Gasteiger partial charge in [-0.1, -0.05) is 24.3 Å². The Hall–Kier alpha value is -0.930. The molecule has 0 fully saturated rings. The van der Waals surface area contributed by atoms with E-state index in [1.54, 1.807) is 4.90 Å². The Balaban J connectivity index is 0.000000980. The van der Waals surface area contributed by atoms with Gasteiger partial charge in [0.1, 0.15) is 0 Å². The summed E-state index contributed by atoms with van der Waals surface area (Å²) in [5.74, 6) is 0. The summed E-state index contributed by atoms with van der Waals surface area (Å²) in [7, 11) is 0. The first-order valence-electron chi connectivity index (χ1n) is 4.38. The molecule has 0 saturated heterocycles. The van der Waals surface area contributed by atoms with Crippen LogP contribution in [-0.4, -0.2) is 17.5 Å². The van der Waals surface area contributed by atoms with Crippen LogP contribution in [-0.2, 0) is 13.0 Å². The SMILES string of the molecule is Cl.Cl.NC(=O)N1CCc2ccccc2C1. The summed E-state index contributed by atoms with van der Waals surface area (Å²) in [6.45, 7) is 1.40. The molecule has 0 bridgehead atoms. The Kier molecular flexibility index (Phi) is 5.47. The van der Waals surface area contributed by atoms with Gasteiger partial charge in [-0.15, -0.1) is 24.8 Å². The van der Waals surface area contributed by atoms with Gasteiger partial charge in [0, 0.05) is 13.1 Å². The van der Waals surface area contributed by atoms with Gasteiger partial charge in [-0.3, -0.25) is 0 Å². The largest absolute Gasteiger partial charge is 0.351 e. The maximum Gasteiger partial charge on any atom is 0.315 e. The normalized spacial score (nSPS) is 13.2. The first-order chi connectivity index (χ1) is 6.27. The number of fused-ring (bicyclic) bond motifs is 1. The Morgan fingerprint density at radius 1 is 1.20 bits per heavy atom. The number of urea groups is 1. The molecular formula is C10H14Cl2N2O. The lowest BCUT2D eigenvalue weighted by Crippen LogP contribution is -2.39. The summed E-state index contributed by atoms with van der Waals surface area (Å²) < 4.78 is 0. The summed E-state index contributed by atoms with van der Waals surface area (Å²) in [5, 5.41) is 0. The van der Waals surface area contributed by atoms with Crippen molar-refractivity contribution >= 4 is 30.8 Å². The summed E-state index contributed by atoms with van der Waals surface area (Å²) in [4.78, 5) is 12.6. The van der Waals surface area contributed by atoms with Gasteiger partial charge in [-0.25, -0.2) is 4.79 Å². The van der Waals surface area contributed by atoms with E-state index in [2.05, 4.69) is 6.07 Å². The van der Waals surface area contributed by atoms with Gasteiger partial charge in [0.25, 0.3) is 0 Å². The number of carbonyl (C=O) groups excluding carboxylic acids is 1. The number of rotatable bonds is 0. The molecule has 1 heterocycles. The number of amides is 2. The molecule has 2 N–H and O–H groups in total. The predicted octanol–water partition coefficient (Wildman–Crippen LogP) is 1.97. The van der Waals surface area contributed by atoms with Crippen LogP contribution in [0.25, 0.3) is 0 Å². The lowest BCUT2D eigenvalue weighted by molar-refractivity contribution is 0.202. The Bertz CT molecular complexity index is 344. The number of primary amides is 1. The lowest BCUT2D eigenvalue weighted by atomic mass is 10.0. The van der Waals surface area contributed by atoms with Crippen molar-refractivity contribution in [2.45, 2.75) is 13.0 Å². The van der Waals surface area contributed by atoms with Gasteiger partial charge in [0.15, 0.2) is 0 Å². The van der Waals surface area contributed by atoms with Crippen LogP contribution >= 0.6 is 24.8 Å². The van der Waals surface area contributed by atoms with Gasteiger partial charge in [-0.05, 0) is 17.5 Å². The molecule has 0 radical (unpaired) electrons. The minimum Gasteiger partial charge on any atom is -0.351 e. The van der Waals surface area contributed by atoms with Gasteiger partial charge in [0.05, 0.1) is 0 Å². The molecule has 5 heteroatoms. The number of carbonyl (C=O) groups is 1. The summed E-state index contributed by atoms with van der Waals surface area (Å²) in [5.41, 5.74) is 7.76. The highest BCUT2D eigenvalue weighted by molar-refractivity contribution is 5.85. The number of nitrogens with zero attached hydrogens (tertiary/aromatic N) is 1. The van der Waals surface area contributed by atoms with Crippen molar-refractivity contribution < 1.29 is 4.79 Å². The molecule has 0 saturated carbocycles. The fourth-order valence-electron chi connectivity index (χ4n) is 1.68. The molecule has 1 aromatic rings. The smallest absolute Gasteiger partial charge is 0.315 e. The van der Waals surface area contributed by atoms with Crippen LogP contribution in [0, 0.1) is 0 Å². The molecule has 0 atom stereocenters. The zero-order valence-electron chi connectivity index (χ0n) is 8.18. The van der Waals surface area contributed by atoms with Crippen LogP contribution in [0.4, 0.5) is 4.79 Å². The molecule has 1 aliphatic heterocycles. The van der Waals surface area contributed by atoms with Crippen LogP contribution in [0.5, 0.6) is 0 Å². The Morgan fingerprint density at radius 2 is 1.80 bits per heavy atom. The number of halogens is 2. The molecular weight excluding hydrogens is 235 g/mol. The van der Waals surface area contributed by atoms with Crippen molar-refractivity contribution in [3.05, 3.63) is 35.4 Å². The fraction of sp³-hybridized carbons (Fsp3) is 0.300. The molecule has 1 aliphatic rings. The van der Waals surface area contributed by atoms with E-state index in [1.807, 2.05) is 18.2 Å². The van der Waals surface area contributed by atoms with E-state index in [0.29, 0.717) is 6.54 Å². The van der Waals surface area contributed by atoms with Crippen LogP contribution < -0.4 is 5.73 Å². The van der Waals surface area contributed by atoms with E-state index in [1.165, 1.54) is 11.1 Å². The zero-order valence-corrected chi connectivity index (χ0v) is 9.81. The maximum atomic E-state index is 10.9. The van der Waals surface area contributed by atoms with Crippen molar-refractivity contribution in [2.24, 2.45) is 5.73 Å². The Morgan fingerprint density at radius 3 is 2.40 bits per heavy atom. The van der Waals surface area contributed by atoms with E-state index in [4.69, 9.17) is 5.73 Å². The molecule has 2 rings (SSSR count). The molecule has 2 amide bonds. The topological polar surface area (TPSA) is 46.3 Å². The second kappa shape index (κ2) is 5.83. The van der Waals surface area contributed by atoms with Crippen molar-refractivity contribution in [1.82, 2.24) is 4.90 Å². The van der Waals surface area contributed by atoms with Gasteiger partial charge in [-0.2, -0.15) is 0 Å². The number of benzene rings is 1. The maximum absolute atomic E-state index is 10.9. The van der Waals surface area contributed by atoms with Crippen LogP contribution in [0.2, 0.25) is 0 Å². The fourth-order valence-corrected chi connectivity index (χ4v) is 1.68. The zero-order chi connectivity index (χ0) is 9.26. The minimum absolute atomic E-state index is 0. The van der Waals surface area contributed by atoms with Crippen molar-refractivity contribution in [3.63, 3.8) is 0 Å². The monoisotopic (exact) mass is 248 g/mol. The lowest BCUT2D eigenvalue weighted by Gasteiger charge is -2.26. The van der Waals surface area contributed by atoms with Crippen molar-refractivity contribution in [3.8, 4) is 0 Å². The molecule has 3 nitrogen and oxygen atoms in total. The van der Waals surface area contributed by atoms with E-state index in [0.717, 1.165) is 13.0 Å². The summed E-state index contributed by atoms with van der Waals surface area (Å²) in [6.07, 6.45) is 0.916. The summed E-state index contributed by atoms with van der Waals surface area (Å²) >= 11 is 0. The average molecular weight is 249 g/mol. The van der Waals surface area contributed by atoms with Crippen molar-refractivity contribution in [1.29, 1.82) is 0 Å². The van der Waals surface area contributed by atoms with Gasteiger partial charge >= 0.3 is 6.03 Å². The van der Waals surface area contributed by atoms with E-state index in [-0.39, 0.29) is 30.8 Å². The molecule has 0 spiro atoms. The minimum atomic E-state index is -0.325. The highest BCUT2D eigenvalue weighted by Crippen LogP contribution is 2.17. The standard InChI is InChI=1S/C10H12N2O.2ClH/c11-10(13)12-6-5-8-3-1-2-4-9(8)7-12;;/h1-4H,5-7H2,(H2,11,13);2*1H. The predicted molar refractivity (Wildman–Crippen MR) is 64.6 cm³/mol. The third kappa shape index (κ3) is 3.01. The van der Waals surface area contributed by atoms with Gasteiger partial charge in [0.2, 0.25) is 0 Å². The van der Waals surface area contributed by atoms with Crippen molar-refractivity contribution in [2.75, 3.05) is 6.54 Å². The third-order valence-corrected chi connectivity index (χ3v) is 2.44. The quantitative estimate of drug-likeness (QED) is 0.750. The first kappa shape index (κ1) is 14.1. The molecule has 84 valence electrons. The van der Waals surface area contributed by atoms with Gasteiger partial charge < -0.3 is 10.6 Å². The highest BCUT2D eigenvalue weighted by atomic mass is 35.5. The number of hydrogen-bond donors (Lipinski definition) is 1. The molecule has 1 aromatic carbocycles. The third-order valence-electron chi connectivity index (χ3n) is 2.44. The Labute approximate surface area is 101 Å². The number of nitrogens with two attached hydrogens (primary N) is 1. The average Bonchev–Trinajstić information content (AvgIpc) is 2.17. The van der Waals surface area contributed by atoms with E-state index >= 15 is 0 Å². The molecule has 15 heavy (non-hydrogen) atoms. The van der Waals surface area contributed by atoms with E-state index < -0.39 is 0 Å². The number of hydrogen-bond acceptors (Lipinski definition) is 1. The second-order valence-corrected chi connectivity index (χ2v) is 3.28. The first-order valence-corrected chi connectivity index (χ1v) is 4.38.